The van der Waals surface area contributed by atoms with Crippen molar-refractivity contribution < 1.29 is 0 Å². The first-order valence-electron chi connectivity index (χ1n) is 6.62. The van der Waals surface area contributed by atoms with E-state index in [1.165, 1.54) is 6.54 Å². The molecule has 0 radical (unpaired) electrons. The van der Waals surface area contributed by atoms with Crippen LogP contribution in [0.1, 0.15) is 62.3 Å². The minimum absolute atomic E-state index is 0.292. The van der Waals surface area contributed by atoms with Gasteiger partial charge in [-0.25, -0.2) is 0 Å². The molecule has 1 heteroatoms. The van der Waals surface area contributed by atoms with Crippen molar-refractivity contribution in [1.82, 2.24) is 4.90 Å². The third-order valence-electron chi connectivity index (χ3n) is 7.64. The molecule has 0 aliphatic carbocycles. The summed E-state index contributed by atoms with van der Waals surface area (Å²) in [6.07, 6.45) is 0. The van der Waals surface area contributed by atoms with Crippen molar-refractivity contribution in [3.63, 3.8) is 0 Å². The van der Waals surface area contributed by atoms with Crippen molar-refractivity contribution in [2.75, 3.05) is 6.54 Å². The molecule has 0 saturated carbocycles. The van der Waals surface area contributed by atoms with Gasteiger partial charge in [-0.3, -0.25) is 4.90 Å². The first-order chi connectivity index (χ1) is 6.84. The quantitative estimate of drug-likeness (QED) is 0.601. The van der Waals surface area contributed by atoms with Crippen LogP contribution in [0.25, 0.3) is 0 Å². The van der Waals surface area contributed by atoms with Gasteiger partial charge in [0.2, 0.25) is 0 Å². The zero-order chi connectivity index (χ0) is 12.8. The smallest absolute Gasteiger partial charge is 0.0215 e. The van der Waals surface area contributed by atoms with Gasteiger partial charge in [-0.2, -0.15) is 0 Å². The summed E-state index contributed by atoms with van der Waals surface area (Å²) in [5, 5.41) is 0. The molecule has 0 aromatic carbocycles. The predicted octanol–water partition coefficient (Wildman–Crippen LogP) is 3.93. The fourth-order valence-electron chi connectivity index (χ4n) is 4.61. The van der Waals surface area contributed by atoms with E-state index in [-0.39, 0.29) is 0 Å². The van der Waals surface area contributed by atoms with E-state index in [9.17, 15) is 0 Å². The second kappa shape index (κ2) is 2.53. The highest BCUT2D eigenvalue weighted by atomic mass is 15.4. The van der Waals surface area contributed by atoms with Crippen molar-refractivity contribution in [1.29, 1.82) is 0 Å². The van der Waals surface area contributed by atoms with Gasteiger partial charge in [0, 0.05) is 17.6 Å². The normalized spacial score (nSPS) is 45.9. The van der Waals surface area contributed by atoms with Crippen LogP contribution in [0.4, 0.5) is 0 Å². The van der Waals surface area contributed by atoms with Crippen molar-refractivity contribution in [2.45, 2.75) is 73.4 Å². The molecule has 2 fully saturated rings. The fourth-order valence-corrected chi connectivity index (χ4v) is 4.61. The number of hydrogen-bond acceptors (Lipinski definition) is 1. The van der Waals surface area contributed by atoms with Gasteiger partial charge in [-0.1, -0.05) is 34.6 Å². The first kappa shape index (κ1) is 12.4. The second-order valence-corrected chi connectivity index (χ2v) is 8.29. The van der Waals surface area contributed by atoms with Gasteiger partial charge in [-0.05, 0) is 43.9 Å². The Morgan fingerprint density at radius 3 is 1.12 bits per heavy atom. The molecule has 2 heterocycles. The fraction of sp³-hybridized carbons (Fsp3) is 1.00. The molecule has 0 amide bonds. The van der Waals surface area contributed by atoms with Gasteiger partial charge in [0.15, 0.2) is 0 Å². The minimum atomic E-state index is 0.292. The van der Waals surface area contributed by atoms with E-state index >= 15 is 0 Å². The summed E-state index contributed by atoms with van der Waals surface area (Å²) in [4.78, 5) is 2.75. The Balaban J connectivity index is 2.67. The molecular formula is C15H29N. The molecular weight excluding hydrogens is 194 g/mol. The number of piperidine rings is 1. The van der Waals surface area contributed by atoms with Crippen LogP contribution in [-0.2, 0) is 0 Å². The maximum absolute atomic E-state index is 2.75. The zero-order valence-electron chi connectivity index (χ0n) is 12.7. The van der Waals surface area contributed by atoms with E-state index in [0.717, 1.165) is 0 Å². The molecule has 0 atom stereocenters. The van der Waals surface area contributed by atoms with E-state index in [2.05, 4.69) is 67.2 Å². The molecule has 2 bridgehead atoms. The third kappa shape index (κ3) is 0.836. The largest absolute Gasteiger partial charge is 0.291 e. The Hall–Kier alpha value is -0.0400. The number of hydrogen-bond donors (Lipinski definition) is 0. The van der Waals surface area contributed by atoms with Crippen LogP contribution in [-0.4, -0.2) is 22.5 Å². The van der Waals surface area contributed by atoms with Crippen molar-refractivity contribution in [2.24, 2.45) is 16.2 Å². The van der Waals surface area contributed by atoms with Gasteiger partial charge < -0.3 is 0 Å². The maximum atomic E-state index is 2.75. The average Bonchev–Trinajstić information content (AvgIpc) is 2.32. The standard InChI is InChI=1S/C15H29N/c1-11(2)13(5,6)16-10-15(11,9)12(3,4)14(16,7)8/h10H2,1-9H3. The summed E-state index contributed by atoms with van der Waals surface area (Å²) in [6.45, 7) is 23.3. The van der Waals surface area contributed by atoms with E-state index in [4.69, 9.17) is 0 Å². The molecule has 0 N–H and O–H groups in total. The highest BCUT2D eigenvalue weighted by Gasteiger charge is 2.76. The molecule has 1 nitrogen and oxygen atoms in total. The second-order valence-electron chi connectivity index (χ2n) is 8.29. The van der Waals surface area contributed by atoms with Crippen LogP contribution < -0.4 is 0 Å². The van der Waals surface area contributed by atoms with E-state index in [1.54, 1.807) is 0 Å². The van der Waals surface area contributed by atoms with Crippen molar-refractivity contribution in [3.8, 4) is 0 Å². The summed E-state index contributed by atoms with van der Waals surface area (Å²) in [6, 6.07) is 0. The lowest BCUT2D eigenvalue weighted by Crippen LogP contribution is -2.67. The molecule has 2 aliphatic rings. The summed E-state index contributed by atoms with van der Waals surface area (Å²) < 4.78 is 0. The summed E-state index contributed by atoms with van der Waals surface area (Å²) in [7, 11) is 0. The van der Waals surface area contributed by atoms with E-state index < -0.39 is 0 Å². The third-order valence-corrected chi connectivity index (χ3v) is 7.64. The first-order valence-corrected chi connectivity index (χ1v) is 6.62. The molecule has 16 heavy (non-hydrogen) atoms. The maximum Gasteiger partial charge on any atom is 0.0215 e. The van der Waals surface area contributed by atoms with E-state index in [0.29, 0.717) is 27.3 Å². The van der Waals surface area contributed by atoms with Crippen LogP contribution in [0, 0.1) is 16.2 Å². The number of nitrogens with zero attached hydrogens (tertiary/aromatic N) is 1. The van der Waals surface area contributed by atoms with Crippen LogP contribution in [0.5, 0.6) is 0 Å². The molecule has 2 saturated heterocycles. The molecule has 0 spiro atoms. The van der Waals surface area contributed by atoms with E-state index in [1.807, 2.05) is 0 Å². The minimum Gasteiger partial charge on any atom is -0.291 e. The van der Waals surface area contributed by atoms with Gasteiger partial charge in [0.1, 0.15) is 0 Å². The van der Waals surface area contributed by atoms with Crippen LogP contribution in [0.15, 0.2) is 0 Å². The Morgan fingerprint density at radius 2 is 0.938 bits per heavy atom. The predicted molar refractivity (Wildman–Crippen MR) is 70.5 cm³/mol. The monoisotopic (exact) mass is 223 g/mol. The van der Waals surface area contributed by atoms with Gasteiger partial charge in [0.05, 0.1) is 0 Å². The van der Waals surface area contributed by atoms with Crippen LogP contribution in [0.2, 0.25) is 0 Å². The number of rotatable bonds is 0. The Morgan fingerprint density at radius 1 is 0.625 bits per heavy atom. The van der Waals surface area contributed by atoms with Crippen LogP contribution >= 0.6 is 0 Å². The number of fused-ring (bicyclic) bond motifs is 2. The molecule has 0 aromatic rings. The molecule has 2 aliphatic heterocycles. The summed E-state index contributed by atoms with van der Waals surface area (Å²) in [5.41, 5.74) is 1.70. The highest BCUT2D eigenvalue weighted by molar-refractivity contribution is 5.28. The lowest BCUT2D eigenvalue weighted by atomic mass is 9.46. The molecule has 2 rings (SSSR count). The topological polar surface area (TPSA) is 3.24 Å². The SMILES string of the molecule is CC1(C)N2CC(C)(C1(C)C)C(C)(C)C2(C)C. The van der Waals surface area contributed by atoms with Gasteiger partial charge in [-0.15, -0.1) is 0 Å². The van der Waals surface area contributed by atoms with Crippen molar-refractivity contribution >= 4 is 0 Å². The Labute approximate surface area is 102 Å². The average molecular weight is 223 g/mol. The molecule has 0 aromatic heterocycles. The summed E-state index contributed by atoms with van der Waals surface area (Å²) in [5.74, 6) is 0. The lowest BCUT2D eigenvalue weighted by molar-refractivity contribution is -0.139. The zero-order valence-corrected chi connectivity index (χ0v) is 12.7. The molecule has 0 unspecified atom stereocenters. The highest BCUT2D eigenvalue weighted by Crippen LogP contribution is 2.73. The van der Waals surface area contributed by atoms with Crippen molar-refractivity contribution in [3.05, 3.63) is 0 Å². The Bertz CT molecular complexity index is 305. The van der Waals surface area contributed by atoms with Crippen LogP contribution in [0.3, 0.4) is 0 Å². The summed E-state index contributed by atoms with van der Waals surface area (Å²) >= 11 is 0. The van der Waals surface area contributed by atoms with Gasteiger partial charge >= 0.3 is 0 Å². The molecule has 94 valence electrons. The Kier molecular flexibility index (Phi) is 1.96. The lowest BCUT2D eigenvalue weighted by Gasteiger charge is -2.64. The van der Waals surface area contributed by atoms with Gasteiger partial charge in [0.25, 0.3) is 0 Å².